The highest BCUT2D eigenvalue weighted by atomic mass is 79.9. The van der Waals surface area contributed by atoms with E-state index in [4.69, 9.17) is 23.2 Å². The van der Waals surface area contributed by atoms with Crippen molar-refractivity contribution in [2.75, 3.05) is 23.7 Å². The van der Waals surface area contributed by atoms with Crippen molar-refractivity contribution in [1.82, 2.24) is 10.2 Å². The summed E-state index contributed by atoms with van der Waals surface area (Å²) in [6.07, 6.45) is 1.34. The van der Waals surface area contributed by atoms with Crippen LogP contribution in [0.4, 0.5) is 5.69 Å². The fraction of sp³-hybridized carbons (Fsp3) is 0.440. The van der Waals surface area contributed by atoms with E-state index < -0.39 is 16.1 Å². The zero-order valence-electron chi connectivity index (χ0n) is 20.8. The zero-order valence-corrected chi connectivity index (χ0v) is 24.7. The number of hydrogen-bond donors (Lipinski definition) is 1. The Bertz CT molecular complexity index is 1180. The Labute approximate surface area is 232 Å². The monoisotopic (exact) mass is 619 g/mol. The van der Waals surface area contributed by atoms with E-state index in [-0.39, 0.29) is 54.4 Å². The summed E-state index contributed by atoms with van der Waals surface area (Å²) < 4.78 is 27.0. The number of carbonyl (C=O) groups excluding carboxylic acids is 2. The predicted octanol–water partition coefficient (Wildman–Crippen LogP) is 5.49. The fourth-order valence-corrected chi connectivity index (χ4v) is 5.38. The maximum atomic E-state index is 13.3. The number of rotatable bonds is 12. The van der Waals surface area contributed by atoms with Crippen LogP contribution in [0.3, 0.4) is 0 Å². The molecule has 1 N–H and O–H groups in total. The molecule has 2 amide bonds. The minimum Gasteiger partial charge on any atom is -0.354 e. The zero-order chi connectivity index (χ0) is 27.0. The van der Waals surface area contributed by atoms with Gasteiger partial charge in [-0.3, -0.25) is 13.9 Å². The standard InChI is InChI=1S/C25H32BrCl2N3O4S/c1-17(2)15-29-25(33)18(3)30(16-19-7-5-8-20(26)13-19)24(32)9-6-12-31(36(4,34)35)23-14-21(27)10-11-22(23)28/h5,7-8,10-11,13-14,17-18H,6,9,12,15-16H2,1-4H3,(H,29,33)/t18-/m0/s1. The highest BCUT2D eigenvalue weighted by Crippen LogP contribution is 2.31. The molecule has 0 spiro atoms. The molecular weight excluding hydrogens is 589 g/mol. The van der Waals surface area contributed by atoms with Gasteiger partial charge < -0.3 is 10.2 Å². The van der Waals surface area contributed by atoms with Gasteiger partial charge >= 0.3 is 0 Å². The number of hydrogen-bond acceptors (Lipinski definition) is 4. The van der Waals surface area contributed by atoms with Crippen molar-refractivity contribution in [1.29, 1.82) is 0 Å². The van der Waals surface area contributed by atoms with Crippen LogP contribution in [-0.4, -0.2) is 50.5 Å². The van der Waals surface area contributed by atoms with Crippen molar-refractivity contribution in [3.05, 3.63) is 62.5 Å². The van der Waals surface area contributed by atoms with Crippen molar-refractivity contribution in [2.24, 2.45) is 5.92 Å². The number of carbonyl (C=O) groups is 2. The number of nitrogens with zero attached hydrogens (tertiary/aromatic N) is 2. The van der Waals surface area contributed by atoms with Gasteiger partial charge in [0.25, 0.3) is 0 Å². The highest BCUT2D eigenvalue weighted by Gasteiger charge is 2.27. The topological polar surface area (TPSA) is 86.8 Å². The molecule has 2 rings (SSSR count). The molecule has 0 heterocycles. The molecule has 0 fully saturated rings. The van der Waals surface area contributed by atoms with Crippen LogP contribution in [0.25, 0.3) is 0 Å². The van der Waals surface area contributed by atoms with Crippen LogP contribution in [-0.2, 0) is 26.2 Å². The summed E-state index contributed by atoms with van der Waals surface area (Å²) in [4.78, 5) is 27.6. The summed E-state index contributed by atoms with van der Waals surface area (Å²) in [5, 5.41) is 3.47. The number of benzene rings is 2. The van der Waals surface area contributed by atoms with Crippen LogP contribution in [0.5, 0.6) is 0 Å². The molecule has 1 atom stereocenters. The first-order chi connectivity index (χ1) is 16.8. The van der Waals surface area contributed by atoms with Crippen molar-refractivity contribution >= 4 is 66.7 Å². The first-order valence-corrected chi connectivity index (χ1v) is 14.9. The molecule has 0 saturated carbocycles. The SMILES string of the molecule is CC(C)CNC(=O)[C@H](C)N(Cc1cccc(Br)c1)C(=O)CCCN(c1cc(Cl)ccc1Cl)S(C)(=O)=O. The molecule has 0 aliphatic heterocycles. The quantitative estimate of drug-likeness (QED) is 0.340. The molecule has 0 aliphatic rings. The Balaban J connectivity index is 2.19. The third kappa shape index (κ3) is 9.25. The van der Waals surface area contributed by atoms with E-state index in [9.17, 15) is 18.0 Å². The third-order valence-electron chi connectivity index (χ3n) is 5.42. The molecule has 0 saturated heterocycles. The number of nitrogens with one attached hydrogen (secondary N) is 1. The largest absolute Gasteiger partial charge is 0.354 e. The van der Waals surface area contributed by atoms with Gasteiger partial charge in [0.1, 0.15) is 6.04 Å². The minimum absolute atomic E-state index is 0.0310. The molecule has 0 aromatic heterocycles. The van der Waals surface area contributed by atoms with Gasteiger partial charge in [-0.25, -0.2) is 8.42 Å². The lowest BCUT2D eigenvalue weighted by Crippen LogP contribution is -2.48. The van der Waals surface area contributed by atoms with E-state index in [2.05, 4.69) is 21.2 Å². The highest BCUT2D eigenvalue weighted by molar-refractivity contribution is 9.10. The van der Waals surface area contributed by atoms with E-state index in [1.54, 1.807) is 13.0 Å². The normalized spacial score (nSPS) is 12.3. The van der Waals surface area contributed by atoms with Crippen molar-refractivity contribution in [2.45, 2.75) is 46.2 Å². The Kier molecular flexibility index (Phi) is 11.5. The van der Waals surface area contributed by atoms with E-state index >= 15 is 0 Å². The molecule has 36 heavy (non-hydrogen) atoms. The third-order valence-corrected chi connectivity index (χ3v) is 7.65. The molecular formula is C25H32BrCl2N3O4S. The molecule has 0 aliphatic carbocycles. The van der Waals surface area contributed by atoms with E-state index in [0.717, 1.165) is 20.6 Å². The molecule has 0 bridgehead atoms. The Morgan fingerprint density at radius 3 is 2.39 bits per heavy atom. The van der Waals surface area contributed by atoms with Gasteiger partial charge in [0, 0.05) is 35.6 Å². The van der Waals surface area contributed by atoms with Gasteiger partial charge in [-0.05, 0) is 55.2 Å². The van der Waals surface area contributed by atoms with Gasteiger partial charge in [-0.15, -0.1) is 0 Å². The Morgan fingerprint density at radius 1 is 1.08 bits per heavy atom. The van der Waals surface area contributed by atoms with Gasteiger partial charge in [0.2, 0.25) is 21.8 Å². The molecule has 198 valence electrons. The Hall–Kier alpha value is -1.81. The predicted molar refractivity (Wildman–Crippen MR) is 150 cm³/mol. The lowest BCUT2D eigenvalue weighted by atomic mass is 10.1. The summed E-state index contributed by atoms with van der Waals surface area (Å²) in [5.41, 5.74) is 1.12. The molecule has 2 aromatic carbocycles. The maximum Gasteiger partial charge on any atom is 0.242 e. The number of amides is 2. The smallest absolute Gasteiger partial charge is 0.242 e. The fourth-order valence-electron chi connectivity index (χ4n) is 3.53. The first-order valence-electron chi connectivity index (χ1n) is 11.5. The molecule has 2 aromatic rings. The van der Waals surface area contributed by atoms with Gasteiger partial charge in [-0.2, -0.15) is 0 Å². The summed E-state index contributed by atoms with van der Waals surface area (Å²) in [6.45, 7) is 6.46. The van der Waals surface area contributed by atoms with Gasteiger partial charge in [-0.1, -0.05) is 65.1 Å². The summed E-state index contributed by atoms with van der Waals surface area (Å²) >= 11 is 15.7. The number of anilines is 1. The summed E-state index contributed by atoms with van der Waals surface area (Å²) in [6, 6.07) is 11.4. The van der Waals surface area contributed by atoms with Crippen molar-refractivity contribution in [3.8, 4) is 0 Å². The first kappa shape index (κ1) is 30.4. The van der Waals surface area contributed by atoms with Crippen LogP contribution in [0.1, 0.15) is 39.2 Å². The molecule has 0 radical (unpaired) electrons. The number of halogens is 3. The average Bonchev–Trinajstić information content (AvgIpc) is 2.79. The lowest BCUT2D eigenvalue weighted by molar-refractivity contribution is -0.140. The Morgan fingerprint density at radius 2 is 1.78 bits per heavy atom. The number of sulfonamides is 1. The summed E-state index contributed by atoms with van der Waals surface area (Å²) in [5.74, 6) is -0.223. The van der Waals surface area contributed by atoms with Crippen LogP contribution < -0.4 is 9.62 Å². The van der Waals surface area contributed by atoms with E-state index in [1.807, 2.05) is 38.1 Å². The minimum atomic E-state index is -3.68. The molecule has 0 unspecified atom stereocenters. The van der Waals surface area contributed by atoms with Crippen molar-refractivity contribution < 1.29 is 18.0 Å². The average molecular weight is 621 g/mol. The van der Waals surface area contributed by atoms with Crippen LogP contribution in [0, 0.1) is 5.92 Å². The maximum absolute atomic E-state index is 13.3. The molecule has 11 heteroatoms. The molecule has 7 nitrogen and oxygen atoms in total. The summed E-state index contributed by atoms with van der Waals surface area (Å²) in [7, 11) is -3.68. The second-order valence-electron chi connectivity index (χ2n) is 9.00. The van der Waals surface area contributed by atoms with Crippen LogP contribution >= 0.6 is 39.1 Å². The van der Waals surface area contributed by atoms with Gasteiger partial charge in [0.05, 0.1) is 17.0 Å². The second kappa shape index (κ2) is 13.7. The lowest BCUT2D eigenvalue weighted by Gasteiger charge is -2.30. The van der Waals surface area contributed by atoms with Crippen molar-refractivity contribution in [3.63, 3.8) is 0 Å². The van der Waals surface area contributed by atoms with E-state index in [1.165, 1.54) is 17.0 Å². The van der Waals surface area contributed by atoms with Crippen LogP contribution in [0.2, 0.25) is 10.0 Å². The second-order valence-corrected chi connectivity index (χ2v) is 12.7. The van der Waals surface area contributed by atoms with E-state index in [0.29, 0.717) is 11.6 Å². The van der Waals surface area contributed by atoms with Crippen LogP contribution in [0.15, 0.2) is 46.9 Å². The van der Waals surface area contributed by atoms with Gasteiger partial charge in [0.15, 0.2) is 0 Å².